The predicted molar refractivity (Wildman–Crippen MR) is 31.5 cm³/mol. The summed E-state index contributed by atoms with van der Waals surface area (Å²) in [7, 11) is 0. The van der Waals surface area contributed by atoms with E-state index in [1.54, 1.807) is 8.79 Å². The molecule has 1 aliphatic heterocycles. The van der Waals surface area contributed by atoms with Crippen molar-refractivity contribution in [2.24, 2.45) is 0 Å². The van der Waals surface area contributed by atoms with E-state index in [2.05, 4.69) is 24.3 Å². The van der Waals surface area contributed by atoms with Gasteiger partial charge < -0.3 is 0 Å². The van der Waals surface area contributed by atoms with Crippen LogP contribution in [0.2, 0.25) is 0 Å². The normalized spacial score (nSPS) is 13.1. The van der Waals surface area contributed by atoms with Gasteiger partial charge in [-0.3, -0.25) is 0 Å². The SMILES string of the molecule is c1cc[c]2[c](c1)[Ge]2. The zero-order chi connectivity index (χ0) is 4.69. The Bertz CT molecular complexity index is 172. The number of fused-ring (bicyclic) bond motifs is 1. The molecule has 0 saturated heterocycles. The van der Waals surface area contributed by atoms with Crippen molar-refractivity contribution < 1.29 is 0 Å². The second kappa shape index (κ2) is 1.13. The number of hydrogen-bond donors (Lipinski definition) is 0. The van der Waals surface area contributed by atoms with E-state index in [0.717, 1.165) is 0 Å². The monoisotopic (exact) mass is 150 g/mol. The van der Waals surface area contributed by atoms with Crippen molar-refractivity contribution in [2.45, 2.75) is 0 Å². The number of benzene rings is 1. The molecular formula is C6H4Ge. The van der Waals surface area contributed by atoms with Crippen molar-refractivity contribution in [1.29, 1.82) is 0 Å². The first-order valence-corrected chi connectivity index (χ1v) is 4.43. The summed E-state index contributed by atoms with van der Waals surface area (Å²) in [6.07, 6.45) is 0. The molecule has 1 aliphatic rings. The Kier molecular flexibility index (Phi) is 0.601. The van der Waals surface area contributed by atoms with Crippen LogP contribution in [0.3, 0.4) is 0 Å². The average Bonchev–Trinajstić information content (AvgIpc) is 2.41. The molecule has 7 heavy (non-hydrogen) atoms. The molecule has 1 heterocycles. The summed E-state index contributed by atoms with van der Waals surface area (Å²) in [4.78, 5) is 0. The van der Waals surface area contributed by atoms with Crippen LogP contribution in [0, 0.1) is 0 Å². The van der Waals surface area contributed by atoms with Crippen LogP contribution in [0.1, 0.15) is 0 Å². The van der Waals surface area contributed by atoms with E-state index in [9.17, 15) is 0 Å². The molecule has 2 rings (SSSR count). The number of hydrogen-bond acceptors (Lipinski definition) is 0. The molecule has 0 aliphatic carbocycles. The summed E-state index contributed by atoms with van der Waals surface area (Å²) < 4.78 is 3.31. The summed E-state index contributed by atoms with van der Waals surface area (Å²) in [6, 6.07) is 8.70. The minimum atomic E-state index is 0.319. The molecule has 0 saturated carbocycles. The Morgan fingerprint density at radius 2 is 1.57 bits per heavy atom. The molecule has 1 aromatic rings. The molecule has 0 spiro atoms. The van der Waals surface area contributed by atoms with Crippen molar-refractivity contribution in [2.75, 3.05) is 0 Å². The van der Waals surface area contributed by atoms with Crippen LogP contribution < -0.4 is 8.79 Å². The van der Waals surface area contributed by atoms with E-state index < -0.39 is 0 Å². The summed E-state index contributed by atoms with van der Waals surface area (Å²) in [5.41, 5.74) is 0. The van der Waals surface area contributed by atoms with Gasteiger partial charge in [0.15, 0.2) is 0 Å². The van der Waals surface area contributed by atoms with Gasteiger partial charge >= 0.3 is 48.5 Å². The molecule has 0 amide bonds. The third kappa shape index (κ3) is 0.501. The van der Waals surface area contributed by atoms with Gasteiger partial charge in [0.05, 0.1) is 0 Å². The van der Waals surface area contributed by atoms with Crippen LogP contribution in [0.15, 0.2) is 24.3 Å². The molecule has 2 radical (unpaired) electrons. The van der Waals surface area contributed by atoms with Crippen LogP contribution in [-0.4, -0.2) is 15.4 Å². The minimum absolute atomic E-state index is 0.319. The van der Waals surface area contributed by atoms with Crippen LogP contribution in [0.4, 0.5) is 0 Å². The predicted octanol–water partition coefficient (Wildman–Crippen LogP) is -0.345. The fraction of sp³-hybridized carbons (Fsp3) is 0. The third-order valence-corrected chi connectivity index (χ3v) is 3.57. The number of rotatable bonds is 0. The van der Waals surface area contributed by atoms with Crippen LogP contribution >= 0.6 is 0 Å². The fourth-order valence-electron chi connectivity index (χ4n) is 0.680. The van der Waals surface area contributed by atoms with Crippen LogP contribution in [0.25, 0.3) is 0 Å². The van der Waals surface area contributed by atoms with Gasteiger partial charge in [-0.25, -0.2) is 0 Å². The van der Waals surface area contributed by atoms with Crippen molar-refractivity contribution in [3.05, 3.63) is 24.3 Å². The molecular weight excluding hydrogens is 145 g/mol. The van der Waals surface area contributed by atoms with Gasteiger partial charge in [0.1, 0.15) is 0 Å². The Labute approximate surface area is 49.0 Å². The standard InChI is InChI=1S/C6H4Ge/c1-2-4-6-5(3-1)7-6/h1-4H. The van der Waals surface area contributed by atoms with Crippen molar-refractivity contribution >= 4 is 24.2 Å². The molecule has 0 bridgehead atoms. The summed E-state index contributed by atoms with van der Waals surface area (Å²) in [5, 5.41) is 0. The quantitative estimate of drug-likeness (QED) is 0.449. The Balaban J connectivity index is 2.73. The van der Waals surface area contributed by atoms with Gasteiger partial charge in [-0.1, -0.05) is 0 Å². The Hall–Kier alpha value is -0.237. The van der Waals surface area contributed by atoms with Crippen molar-refractivity contribution in [3.8, 4) is 0 Å². The van der Waals surface area contributed by atoms with E-state index in [0.29, 0.717) is 15.4 Å². The molecule has 0 unspecified atom stereocenters. The van der Waals surface area contributed by atoms with Gasteiger partial charge in [-0.15, -0.1) is 0 Å². The van der Waals surface area contributed by atoms with Gasteiger partial charge in [0.25, 0.3) is 0 Å². The molecule has 0 atom stereocenters. The molecule has 0 fully saturated rings. The first kappa shape index (κ1) is 3.73. The summed E-state index contributed by atoms with van der Waals surface area (Å²) in [6.45, 7) is 0. The topological polar surface area (TPSA) is 0 Å². The van der Waals surface area contributed by atoms with Crippen molar-refractivity contribution in [3.63, 3.8) is 0 Å². The second-order valence-corrected chi connectivity index (χ2v) is 4.46. The molecule has 32 valence electrons. The second-order valence-electron chi connectivity index (χ2n) is 1.67. The van der Waals surface area contributed by atoms with E-state index in [-0.39, 0.29) is 0 Å². The summed E-state index contributed by atoms with van der Waals surface area (Å²) in [5.74, 6) is 0. The maximum atomic E-state index is 2.23. The molecule has 0 N–H and O–H groups in total. The third-order valence-electron chi connectivity index (χ3n) is 1.13. The van der Waals surface area contributed by atoms with Crippen LogP contribution in [0.5, 0.6) is 0 Å². The Morgan fingerprint density at radius 3 is 2.00 bits per heavy atom. The first-order chi connectivity index (χ1) is 3.47. The van der Waals surface area contributed by atoms with E-state index in [1.165, 1.54) is 0 Å². The van der Waals surface area contributed by atoms with E-state index >= 15 is 0 Å². The van der Waals surface area contributed by atoms with Gasteiger partial charge in [0, 0.05) is 0 Å². The Morgan fingerprint density at radius 1 is 1.00 bits per heavy atom. The molecule has 1 aromatic carbocycles. The van der Waals surface area contributed by atoms with E-state index in [4.69, 9.17) is 0 Å². The maximum absolute atomic E-state index is 2.23. The van der Waals surface area contributed by atoms with Crippen LogP contribution in [-0.2, 0) is 0 Å². The zero-order valence-corrected chi connectivity index (χ0v) is 5.91. The summed E-state index contributed by atoms with van der Waals surface area (Å²) >= 11 is 0.319. The first-order valence-electron chi connectivity index (χ1n) is 2.33. The zero-order valence-electron chi connectivity index (χ0n) is 3.81. The van der Waals surface area contributed by atoms with E-state index in [1.807, 2.05) is 0 Å². The molecule has 1 heteroatoms. The van der Waals surface area contributed by atoms with Gasteiger partial charge in [0.2, 0.25) is 0 Å². The molecule has 0 aromatic heterocycles. The average molecular weight is 149 g/mol. The van der Waals surface area contributed by atoms with Gasteiger partial charge in [-0.2, -0.15) is 0 Å². The van der Waals surface area contributed by atoms with Gasteiger partial charge in [-0.05, 0) is 0 Å². The fourth-order valence-corrected chi connectivity index (χ4v) is 2.26. The van der Waals surface area contributed by atoms with Crippen molar-refractivity contribution in [1.82, 2.24) is 0 Å². The molecule has 0 nitrogen and oxygen atoms in total.